The molecule has 0 saturated carbocycles. The van der Waals surface area contributed by atoms with Crippen LogP contribution >= 0.6 is 0 Å². The Hall–Kier alpha value is -2.64. The molecule has 172 valence electrons. The molecule has 2 aromatic carbocycles. The topological polar surface area (TPSA) is 62.8 Å². The van der Waals surface area contributed by atoms with Gasteiger partial charge in [0.1, 0.15) is 18.2 Å². The summed E-state index contributed by atoms with van der Waals surface area (Å²) < 4.78 is 24.7. The Morgan fingerprint density at radius 1 is 1.16 bits per heavy atom. The first kappa shape index (κ1) is 22.6. The predicted octanol–water partition coefficient (Wildman–Crippen LogP) is 4.42. The number of likely N-dealkylation sites (tertiary alicyclic amines) is 1. The molecule has 2 atom stereocenters. The molecule has 2 saturated heterocycles. The minimum atomic E-state index is -0.367. The zero-order valence-electron chi connectivity index (χ0n) is 18.4. The Bertz CT molecular complexity index is 871. The third-order valence-corrected chi connectivity index (χ3v) is 6.03. The molecule has 2 aliphatic heterocycles. The maximum Gasteiger partial charge on any atom is 0.319 e. The number of hydrogen-bond donors (Lipinski definition) is 2. The van der Waals surface area contributed by atoms with Crippen molar-refractivity contribution in [1.82, 2.24) is 10.2 Å². The van der Waals surface area contributed by atoms with Gasteiger partial charge in [0.15, 0.2) is 0 Å². The lowest BCUT2D eigenvalue weighted by molar-refractivity contribution is 0.0679. The molecule has 4 rings (SSSR count). The first-order valence-electron chi connectivity index (χ1n) is 11.5. The van der Waals surface area contributed by atoms with E-state index in [2.05, 4.69) is 27.7 Å². The van der Waals surface area contributed by atoms with E-state index in [4.69, 9.17) is 9.47 Å². The number of carbonyl (C=O) groups is 1. The Kier molecular flexibility index (Phi) is 7.96. The summed E-state index contributed by atoms with van der Waals surface area (Å²) >= 11 is 0. The SMILES string of the molecule is O=C(NC[C@H]1CCCN(Cc2ccc(OC[C@@H]3CCCO3)cc2)C1)Nc1cccc(F)c1. The van der Waals surface area contributed by atoms with Gasteiger partial charge < -0.3 is 20.1 Å². The van der Waals surface area contributed by atoms with Gasteiger partial charge in [0, 0.05) is 31.9 Å². The van der Waals surface area contributed by atoms with Crippen LogP contribution in [0.1, 0.15) is 31.2 Å². The summed E-state index contributed by atoms with van der Waals surface area (Å²) in [6.07, 6.45) is 4.63. The Balaban J connectivity index is 1.18. The van der Waals surface area contributed by atoms with Crippen molar-refractivity contribution in [2.75, 3.05) is 38.2 Å². The second-order valence-corrected chi connectivity index (χ2v) is 8.68. The van der Waals surface area contributed by atoms with Crippen LogP contribution < -0.4 is 15.4 Å². The standard InChI is InChI=1S/C25H32FN3O3/c26-21-5-1-6-22(14-21)28-25(30)27-15-20-4-2-12-29(17-20)16-19-8-10-23(11-9-19)32-18-24-7-3-13-31-24/h1,5-6,8-11,14,20,24H,2-4,7,12-13,15-18H2,(H2,27,28,30)/t20-,24+/m1/s1. The highest BCUT2D eigenvalue weighted by molar-refractivity contribution is 5.89. The number of urea groups is 1. The van der Waals surface area contributed by atoms with E-state index in [0.29, 0.717) is 24.8 Å². The van der Waals surface area contributed by atoms with Crippen LogP contribution in [0.3, 0.4) is 0 Å². The number of amides is 2. The quantitative estimate of drug-likeness (QED) is 0.637. The highest BCUT2D eigenvalue weighted by atomic mass is 19.1. The number of hydrogen-bond acceptors (Lipinski definition) is 4. The minimum absolute atomic E-state index is 0.226. The van der Waals surface area contributed by atoms with E-state index in [-0.39, 0.29) is 18.0 Å². The monoisotopic (exact) mass is 441 g/mol. The number of halogens is 1. The third-order valence-electron chi connectivity index (χ3n) is 6.03. The summed E-state index contributed by atoms with van der Waals surface area (Å²) in [7, 11) is 0. The fraction of sp³-hybridized carbons (Fsp3) is 0.480. The van der Waals surface area contributed by atoms with Crippen molar-refractivity contribution < 1.29 is 18.7 Å². The summed E-state index contributed by atoms with van der Waals surface area (Å²) in [5, 5.41) is 5.61. The van der Waals surface area contributed by atoms with E-state index in [1.807, 2.05) is 12.1 Å². The van der Waals surface area contributed by atoms with Crippen molar-refractivity contribution in [3.05, 3.63) is 59.9 Å². The normalized spacial score (nSPS) is 21.3. The number of benzene rings is 2. The summed E-state index contributed by atoms with van der Waals surface area (Å²) in [5.41, 5.74) is 1.71. The fourth-order valence-corrected chi connectivity index (χ4v) is 4.35. The van der Waals surface area contributed by atoms with Crippen LogP contribution in [0.25, 0.3) is 0 Å². The molecule has 2 amide bonds. The van der Waals surface area contributed by atoms with E-state index in [1.54, 1.807) is 12.1 Å². The molecular formula is C25H32FN3O3. The molecule has 0 spiro atoms. The first-order chi connectivity index (χ1) is 15.6. The zero-order valence-corrected chi connectivity index (χ0v) is 18.4. The number of ether oxygens (including phenoxy) is 2. The molecule has 6 nitrogen and oxygen atoms in total. The maximum atomic E-state index is 13.3. The molecule has 2 heterocycles. The molecule has 2 aromatic rings. The number of rotatable bonds is 8. The van der Waals surface area contributed by atoms with Gasteiger partial charge in [0.05, 0.1) is 6.10 Å². The van der Waals surface area contributed by atoms with Gasteiger partial charge in [-0.2, -0.15) is 0 Å². The summed E-state index contributed by atoms with van der Waals surface area (Å²) in [5.74, 6) is 0.915. The number of anilines is 1. The van der Waals surface area contributed by atoms with E-state index < -0.39 is 0 Å². The maximum absolute atomic E-state index is 13.3. The smallest absolute Gasteiger partial charge is 0.319 e. The van der Waals surface area contributed by atoms with Crippen LogP contribution in [0, 0.1) is 11.7 Å². The first-order valence-corrected chi connectivity index (χ1v) is 11.5. The Labute approximate surface area is 189 Å². The Morgan fingerprint density at radius 2 is 2.03 bits per heavy atom. The molecular weight excluding hydrogens is 409 g/mol. The molecule has 7 heteroatoms. The van der Waals surface area contributed by atoms with Crippen LogP contribution in [-0.2, 0) is 11.3 Å². The van der Waals surface area contributed by atoms with E-state index in [1.165, 1.54) is 17.7 Å². The van der Waals surface area contributed by atoms with E-state index in [9.17, 15) is 9.18 Å². The molecule has 2 fully saturated rings. The summed E-state index contributed by atoms with van der Waals surface area (Å²) in [6.45, 7) is 4.95. The van der Waals surface area contributed by atoms with Crippen LogP contribution in [0.2, 0.25) is 0 Å². The predicted molar refractivity (Wildman–Crippen MR) is 122 cm³/mol. The number of piperidine rings is 1. The van der Waals surface area contributed by atoms with Crippen LogP contribution in [-0.4, -0.2) is 49.9 Å². The van der Waals surface area contributed by atoms with Crippen LogP contribution in [0.15, 0.2) is 48.5 Å². The van der Waals surface area contributed by atoms with Crippen LogP contribution in [0.4, 0.5) is 14.9 Å². The second kappa shape index (κ2) is 11.3. The van der Waals surface area contributed by atoms with Gasteiger partial charge in [-0.25, -0.2) is 9.18 Å². The second-order valence-electron chi connectivity index (χ2n) is 8.68. The average molecular weight is 442 g/mol. The zero-order chi connectivity index (χ0) is 22.2. The number of carbonyl (C=O) groups excluding carboxylic acids is 1. The molecule has 2 N–H and O–H groups in total. The summed E-state index contributed by atoms with van der Waals surface area (Å²) in [4.78, 5) is 14.6. The van der Waals surface area contributed by atoms with E-state index in [0.717, 1.165) is 57.7 Å². The van der Waals surface area contributed by atoms with Gasteiger partial charge in [0.2, 0.25) is 0 Å². The van der Waals surface area contributed by atoms with Gasteiger partial charge in [-0.05, 0) is 74.0 Å². The number of nitrogens with zero attached hydrogens (tertiary/aromatic N) is 1. The minimum Gasteiger partial charge on any atom is -0.491 e. The highest BCUT2D eigenvalue weighted by Crippen LogP contribution is 2.21. The molecule has 2 aliphatic rings. The molecule has 32 heavy (non-hydrogen) atoms. The van der Waals surface area contributed by atoms with Gasteiger partial charge in [-0.1, -0.05) is 18.2 Å². The van der Waals surface area contributed by atoms with Gasteiger partial charge >= 0.3 is 6.03 Å². The lowest BCUT2D eigenvalue weighted by Gasteiger charge is -2.32. The Morgan fingerprint density at radius 3 is 2.81 bits per heavy atom. The number of nitrogens with one attached hydrogen (secondary N) is 2. The van der Waals surface area contributed by atoms with Gasteiger partial charge in [-0.3, -0.25) is 4.90 Å². The van der Waals surface area contributed by atoms with Gasteiger partial charge in [-0.15, -0.1) is 0 Å². The van der Waals surface area contributed by atoms with E-state index >= 15 is 0 Å². The van der Waals surface area contributed by atoms with Crippen molar-refractivity contribution in [2.45, 2.75) is 38.3 Å². The average Bonchev–Trinajstić information content (AvgIpc) is 3.31. The van der Waals surface area contributed by atoms with Crippen LogP contribution in [0.5, 0.6) is 5.75 Å². The van der Waals surface area contributed by atoms with Crippen molar-refractivity contribution >= 4 is 11.7 Å². The molecule has 0 radical (unpaired) electrons. The molecule has 0 aliphatic carbocycles. The van der Waals surface area contributed by atoms with Crippen molar-refractivity contribution in [2.24, 2.45) is 5.92 Å². The molecule has 0 unspecified atom stereocenters. The van der Waals surface area contributed by atoms with Crippen molar-refractivity contribution in [1.29, 1.82) is 0 Å². The van der Waals surface area contributed by atoms with Crippen molar-refractivity contribution in [3.63, 3.8) is 0 Å². The van der Waals surface area contributed by atoms with Gasteiger partial charge in [0.25, 0.3) is 0 Å². The lowest BCUT2D eigenvalue weighted by Crippen LogP contribution is -2.41. The largest absolute Gasteiger partial charge is 0.491 e. The summed E-state index contributed by atoms with van der Waals surface area (Å²) in [6, 6.07) is 13.9. The molecule has 0 bridgehead atoms. The third kappa shape index (κ3) is 6.93. The molecule has 0 aromatic heterocycles. The van der Waals surface area contributed by atoms with Crippen molar-refractivity contribution in [3.8, 4) is 5.75 Å². The highest BCUT2D eigenvalue weighted by Gasteiger charge is 2.21. The fourth-order valence-electron chi connectivity index (χ4n) is 4.35. The lowest BCUT2D eigenvalue weighted by atomic mass is 9.97.